The van der Waals surface area contributed by atoms with Crippen molar-refractivity contribution >= 4 is 35.2 Å². The molecule has 98 valence electrons. The van der Waals surface area contributed by atoms with Gasteiger partial charge < -0.3 is 0 Å². The minimum absolute atomic E-state index is 0.236. The Morgan fingerprint density at radius 2 is 2.26 bits per heavy atom. The lowest BCUT2D eigenvalue weighted by molar-refractivity contribution is -0.120. The standard InChI is InChI=1S/C12H12N4O2S/c1-19-8-2-4-15-9(6-8)13-7-11(15)16-5-3-10(17)14-12(16)18/h2,4,6-7H,3,5H2,1H3,(H,14,17,18). The maximum atomic E-state index is 11.8. The fourth-order valence-corrected chi connectivity index (χ4v) is 2.48. The topological polar surface area (TPSA) is 66.7 Å². The van der Waals surface area contributed by atoms with Gasteiger partial charge in [-0.1, -0.05) is 0 Å². The quantitative estimate of drug-likeness (QED) is 0.844. The van der Waals surface area contributed by atoms with Crippen molar-refractivity contribution in [1.29, 1.82) is 0 Å². The lowest BCUT2D eigenvalue weighted by atomic mass is 10.3. The molecule has 1 saturated heterocycles. The molecule has 0 atom stereocenters. The molecule has 0 unspecified atom stereocenters. The van der Waals surface area contributed by atoms with E-state index in [9.17, 15) is 9.59 Å². The molecule has 1 aliphatic rings. The number of hydrogen-bond acceptors (Lipinski definition) is 4. The number of hydrogen-bond donors (Lipinski definition) is 1. The van der Waals surface area contributed by atoms with Gasteiger partial charge in [-0.2, -0.15) is 0 Å². The summed E-state index contributed by atoms with van der Waals surface area (Å²) in [7, 11) is 0. The van der Waals surface area contributed by atoms with Gasteiger partial charge in [0.1, 0.15) is 11.5 Å². The van der Waals surface area contributed by atoms with Crippen molar-refractivity contribution in [3.05, 3.63) is 24.5 Å². The molecule has 1 N–H and O–H groups in total. The van der Waals surface area contributed by atoms with Crippen molar-refractivity contribution in [1.82, 2.24) is 14.7 Å². The molecule has 3 rings (SSSR count). The van der Waals surface area contributed by atoms with Gasteiger partial charge in [-0.25, -0.2) is 9.78 Å². The minimum Gasteiger partial charge on any atom is -0.286 e. The van der Waals surface area contributed by atoms with Crippen molar-refractivity contribution in [3.63, 3.8) is 0 Å². The van der Waals surface area contributed by atoms with E-state index in [1.807, 2.05) is 29.0 Å². The number of imide groups is 1. The van der Waals surface area contributed by atoms with Gasteiger partial charge in [0.2, 0.25) is 5.91 Å². The van der Waals surface area contributed by atoms with Crippen LogP contribution in [0.4, 0.5) is 10.6 Å². The van der Waals surface area contributed by atoms with Crippen LogP contribution in [-0.4, -0.2) is 34.1 Å². The summed E-state index contributed by atoms with van der Waals surface area (Å²) in [6.07, 6.45) is 5.84. The second-order valence-corrected chi connectivity index (χ2v) is 5.05. The Morgan fingerprint density at radius 1 is 1.42 bits per heavy atom. The van der Waals surface area contributed by atoms with Gasteiger partial charge >= 0.3 is 6.03 Å². The summed E-state index contributed by atoms with van der Waals surface area (Å²) in [5.74, 6) is 0.437. The predicted octanol–water partition coefficient (Wildman–Crippen LogP) is 1.50. The molecule has 2 aromatic rings. The van der Waals surface area contributed by atoms with Gasteiger partial charge in [-0.3, -0.25) is 19.4 Å². The first-order chi connectivity index (χ1) is 9.19. The van der Waals surface area contributed by atoms with Gasteiger partial charge in [-0.05, 0) is 18.4 Å². The van der Waals surface area contributed by atoms with Gasteiger partial charge in [0.05, 0.1) is 6.20 Å². The van der Waals surface area contributed by atoms with Crippen LogP contribution in [0, 0.1) is 0 Å². The number of urea groups is 1. The van der Waals surface area contributed by atoms with Gasteiger partial charge in [0, 0.05) is 24.1 Å². The number of rotatable bonds is 2. The molecule has 0 saturated carbocycles. The summed E-state index contributed by atoms with van der Waals surface area (Å²) in [5, 5.41) is 2.31. The van der Waals surface area contributed by atoms with Crippen LogP contribution >= 0.6 is 11.8 Å². The van der Waals surface area contributed by atoms with Crippen LogP contribution in [0.1, 0.15) is 6.42 Å². The number of thioether (sulfide) groups is 1. The Bertz CT molecular complexity index is 667. The van der Waals surface area contributed by atoms with Crippen molar-refractivity contribution < 1.29 is 9.59 Å². The highest BCUT2D eigenvalue weighted by Crippen LogP contribution is 2.22. The molecule has 0 radical (unpaired) electrons. The van der Waals surface area contributed by atoms with Crippen molar-refractivity contribution in [2.24, 2.45) is 0 Å². The predicted molar refractivity (Wildman–Crippen MR) is 72.5 cm³/mol. The number of amides is 3. The second kappa shape index (κ2) is 4.58. The van der Waals surface area contributed by atoms with Crippen LogP contribution in [-0.2, 0) is 4.79 Å². The fourth-order valence-electron chi connectivity index (χ4n) is 2.06. The zero-order valence-corrected chi connectivity index (χ0v) is 11.1. The molecule has 1 aliphatic heterocycles. The molecular formula is C12H12N4O2S. The molecule has 6 nitrogen and oxygen atoms in total. The molecule has 7 heteroatoms. The summed E-state index contributed by atoms with van der Waals surface area (Å²) < 4.78 is 1.84. The van der Waals surface area contributed by atoms with E-state index in [0.717, 1.165) is 10.5 Å². The number of pyridine rings is 1. The third-order valence-corrected chi connectivity index (χ3v) is 3.76. The summed E-state index contributed by atoms with van der Waals surface area (Å²) >= 11 is 1.64. The van der Waals surface area contributed by atoms with Crippen molar-refractivity contribution in [2.45, 2.75) is 11.3 Å². The molecular weight excluding hydrogens is 264 g/mol. The SMILES string of the molecule is CSc1ccn2c(N3CCC(=O)NC3=O)cnc2c1. The van der Waals surface area contributed by atoms with Crippen LogP contribution in [0.25, 0.3) is 5.65 Å². The van der Waals surface area contributed by atoms with E-state index in [2.05, 4.69) is 10.3 Å². The van der Waals surface area contributed by atoms with Gasteiger partial charge in [0.15, 0.2) is 0 Å². The highest BCUT2D eigenvalue weighted by atomic mass is 32.2. The smallest absolute Gasteiger partial charge is 0.286 e. The summed E-state index contributed by atoms with van der Waals surface area (Å²) in [6, 6.07) is 3.53. The van der Waals surface area contributed by atoms with E-state index in [4.69, 9.17) is 0 Å². The molecule has 19 heavy (non-hydrogen) atoms. The third-order valence-electron chi connectivity index (χ3n) is 3.03. The summed E-state index contributed by atoms with van der Waals surface area (Å²) in [6.45, 7) is 0.378. The van der Waals surface area contributed by atoms with Crippen LogP contribution < -0.4 is 10.2 Å². The minimum atomic E-state index is -0.396. The number of carbonyl (C=O) groups is 2. The van der Waals surface area contributed by atoms with Crippen LogP contribution in [0.5, 0.6) is 0 Å². The summed E-state index contributed by atoms with van der Waals surface area (Å²) in [4.78, 5) is 29.9. The average molecular weight is 276 g/mol. The Morgan fingerprint density at radius 3 is 3.00 bits per heavy atom. The molecule has 0 bridgehead atoms. The largest absolute Gasteiger partial charge is 0.329 e. The molecule has 1 fully saturated rings. The number of nitrogens with zero attached hydrogens (tertiary/aromatic N) is 3. The first-order valence-electron chi connectivity index (χ1n) is 5.81. The average Bonchev–Trinajstić information content (AvgIpc) is 2.81. The molecule has 0 aromatic carbocycles. The van der Waals surface area contributed by atoms with E-state index < -0.39 is 6.03 Å². The number of fused-ring (bicyclic) bond motifs is 1. The highest BCUT2D eigenvalue weighted by Gasteiger charge is 2.26. The lowest BCUT2D eigenvalue weighted by Crippen LogP contribution is -2.50. The second-order valence-electron chi connectivity index (χ2n) is 4.17. The molecule has 3 heterocycles. The van der Waals surface area contributed by atoms with Gasteiger partial charge in [0.25, 0.3) is 0 Å². The van der Waals surface area contributed by atoms with Crippen LogP contribution in [0.2, 0.25) is 0 Å². The number of nitrogens with one attached hydrogen (secondary N) is 1. The normalized spacial score (nSPS) is 15.9. The maximum Gasteiger partial charge on any atom is 0.329 e. The zero-order chi connectivity index (χ0) is 13.4. The number of carbonyl (C=O) groups excluding carboxylic acids is 2. The first kappa shape index (κ1) is 12.0. The van der Waals surface area contributed by atoms with E-state index >= 15 is 0 Å². The van der Waals surface area contributed by atoms with E-state index in [-0.39, 0.29) is 5.91 Å². The Balaban J connectivity index is 2.01. The van der Waals surface area contributed by atoms with Crippen molar-refractivity contribution in [3.8, 4) is 0 Å². The number of aromatic nitrogens is 2. The molecule has 0 aliphatic carbocycles. The maximum absolute atomic E-state index is 11.8. The molecule has 0 spiro atoms. The van der Waals surface area contributed by atoms with E-state index in [1.54, 1.807) is 18.0 Å². The Labute approximate surface area is 113 Å². The van der Waals surface area contributed by atoms with Crippen LogP contribution in [0.15, 0.2) is 29.4 Å². The molecule has 2 aromatic heterocycles. The number of anilines is 1. The fraction of sp³-hybridized carbons (Fsp3) is 0.250. The number of imidazole rings is 1. The third kappa shape index (κ3) is 2.06. The molecule has 3 amide bonds. The Kier molecular flexibility index (Phi) is 2.90. The van der Waals surface area contributed by atoms with E-state index in [0.29, 0.717) is 18.8 Å². The monoisotopic (exact) mass is 276 g/mol. The first-order valence-corrected chi connectivity index (χ1v) is 7.04. The van der Waals surface area contributed by atoms with Crippen molar-refractivity contribution in [2.75, 3.05) is 17.7 Å². The zero-order valence-electron chi connectivity index (χ0n) is 10.3. The lowest BCUT2D eigenvalue weighted by Gasteiger charge is -2.25. The highest BCUT2D eigenvalue weighted by molar-refractivity contribution is 7.98. The van der Waals surface area contributed by atoms with Gasteiger partial charge in [-0.15, -0.1) is 11.8 Å². The Hall–Kier alpha value is -2.02. The summed E-state index contributed by atoms with van der Waals surface area (Å²) in [5.41, 5.74) is 0.784. The van der Waals surface area contributed by atoms with E-state index in [1.165, 1.54) is 4.90 Å². The van der Waals surface area contributed by atoms with Crippen LogP contribution in [0.3, 0.4) is 0 Å².